The molecule has 0 N–H and O–H groups in total. The van der Waals surface area contributed by atoms with Crippen molar-refractivity contribution in [1.29, 1.82) is 0 Å². The summed E-state index contributed by atoms with van der Waals surface area (Å²) in [6.07, 6.45) is 0. The molecule has 13 heavy (non-hydrogen) atoms. The standard InChI is InChI=1S/C8H7BrF2.C2H6/c1-5-7(10)2-6(4-9)3-8(5)11;1-2/h2-3H,4H2,1H3;1-2H3. The molecule has 0 bridgehead atoms. The molecule has 0 saturated heterocycles. The first kappa shape index (κ1) is 12.6. The summed E-state index contributed by atoms with van der Waals surface area (Å²) in [6, 6.07) is 2.65. The lowest BCUT2D eigenvalue weighted by Gasteiger charge is -2.00. The van der Waals surface area contributed by atoms with Crippen molar-refractivity contribution in [1.82, 2.24) is 0 Å². The maximum absolute atomic E-state index is 12.8. The van der Waals surface area contributed by atoms with E-state index >= 15 is 0 Å². The Morgan fingerprint density at radius 3 is 1.85 bits per heavy atom. The first-order valence-corrected chi connectivity index (χ1v) is 5.27. The number of rotatable bonds is 1. The fraction of sp³-hybridized carbons (Fsp3) is 0.400. The molecule has 1 aromatic rings. The molecule has 0 aliphatic carbocycles. The normalized spacial score (nSPS) is 9.08. The summed E-state index contributed by atoms with van der Waals surface area (Å²) in [7, 11) is 0. The van der Waals surface area contributed by atoms with Crippen LogP contribution in [-0.2, 0) is 5.33 Å². The summed E-state index contributed by atoms with van der Waals surface area (Å²) in [6.45, 7) is 5.42. The fourth-order valence-corrected chi connectivity index (χ4v) is 1.10. The lowest BCUT2D eigenvalue weighted by molar-refractivity contribution is 0.566. The molecular formula is C10H13BrF2. The van der Waals surface area contributed by atoms with E-state index in [9.17, 15) is 8.78 Å². The van der Waals surface area contributed by atoms with E-state index in [1.165, 1.54) is 19.1 Å². The van der Waals surface area contributed by atoms with Gasteiger partial charge in [0, 0.05) is 10.9 Å². The third-order valence-electron chi connectivity index (χ3n) is 1.50. The average Bonchev–Trinajstić information content (AvgIpc) is 2.16. The molecule has 0 aliphatic heterocycles. The van der Waals surface area contributed by atoms with Crippen LogP contribution < -0.4 is 0 Å². The van der Waals surface area contributed by atoms with E-state index in [0.717, 1.165) is 0 Å². The second-order valence-electron chi connectivity index (χ2n) is 2.32. The largest absolute Gasteiger partial charge is 0.207 e. The van der Waals surface area contributed by atoms with Crippen LogP contribution in [0.4, 0.5) is 8.78 Å². The van der Waals surface area contributed by atoms with Gasteiger partial charge >= 0.3 is 0 Å². The number of hydrogen-bond acceptors (Lipinski definition) is 0. The number of halogens is 3. The lowest BCUT2D eigenvalue weighted by Crippen LogP contribution is -1.90. The molecule has 0 fully saturated rings. The number of benzene rings is 1. The van der Waals surface area contributed by atoms with Crippen LogP contribution in [0.15, 0.2) is 12.1 Å². The highest BCUT2D eigenvalue weighted by atomic mass is 79.9. The van der Waals surface area contributed by atoms with E-state index in [1.807, 2.05) is 13.8 Å². The number of alkyl halides is 1. The molecule has 3 heteroatoms. The smallest absolute Gasteiger partial charge is 0.129 e. The molecule has 1 rings (SSSR count). The Hall–Kier alpha value is -0.440. The number of hydrogen-bond donors (Lipinski definition) is 0. The monoisotopic (exact) mass is 250 g/mol. The third kappa shape index (κ3) is 3.43. The SMILES string of the molecule is CC.Cc1c(F)cc(CBr)cc1F. The quantitative estimate of drug-likeness (QED) is 0.656. The zero-order chi connectivity index (χ0) is 10.4. The first-order chi connectivity index (χ1) is 6.15. The van der Waals surface area contributed by atoms with Crippen LogP contribution in [0.5, 0.6) is 0 Å². The van der Waals surface area contributed by atoms with Crippen molar-refractivity contribution >= 4 is 15.9 Å². The molecule has 0 aromatic heterocycles. The second kappa shape index (κ2) is 6.08. The zero-order valence-electron chi connectivity index (χ0n) is 8.00. The average molecular weight is 251 g/mol. The van der Waals surface area contributed by atoms with Gasteiger partial charge in [0.05, 0.1) is 0 Å². The van der Waals surface area contributed by atoms with Gasteiger partial charge in [-0.25, -0.2) is 8.78 Å². The predicted molar refractivity (Wildman–Crippen MR) is 55.1 cm³/mol. The highest BCUT2D eigenvalue weighted by molar-refractivity contribution is 9.08. The van der Waals surface area contributed by atoms with Crippen LogP contribution in [-0.4, -0.2) is 0 Å². The van der Waals surface area contributed by atoms with E-state index in [0.29, 0.717) is 10.9 Å². The van der Waals surface area contributed by atoms with Crippen LogP contribution in [0.25, 0.3) is 0 Å². The van der Waals surface area contributed by atoms with Gasteiger partial charge in [0.2, 0.25) is 0 Å². The Kier molecular flexibility index (Phi) is 5.88. The summed E-state index contributed by atoms with van der Waals surface area (Å²) in [5, 5.41) is 0.473. The second-order valence-corrected chi connectivity index (χ2v) is 2.88. The van der Waals surface area contributed by atoms with Crippen molar-refractivity contribution < 1.29 is 8.78 Å². The van der Waals surface area contributed by atoms with Gasteiger partial charge in [-0.3, -0.25) is 0 Å². The molecule has 1 aromatic carbocycles. The van der Waals surface area contributed by atoms with E-state index in [2.05, 4.69) is 15.9 Å². The maximum Gasteiger partial charge on any atom is 0.129 e. The van der Waals surface area contributed by atoms with Gasteiger partial charge in [-0.05, 0) is 24.6 Å². The first-order valence-electron chi connectivity index (χ1n) is 4.15. The van der Waals surface area contributed by atoms with E-state index < -0.39 is 11.6 Å². The molecule has 0 amide bonds. The van der Waals surface area contributed by atoms with Crippen molar-refractivity contribution in [3.05, 3.63) is 34.9 Å². The minimum absolute atomic E-state index is 0.0784. The zero-order valence-corrected chi connectivity index (χ0v) is 9.58. The van der Waals surface area contributed by atoms with Crippen LogP contribution in [0.2, 0.25) is 0 Å². The highest BCUT2D eigenvalue weighted by Crippen LogP contribution is 2.15. The molecule has 0 aliphatic rings. The van der Waals surface area contributed by atoms with Crippen LogP contribution in [0.1, 0.15) is 25.0 Å². The summed E-state index contributed by atoms with van der Waals surface area (Å²) < 4.78 is 25.5. The summed E-state index contributed by atoms with van der Waals surface area (Å²) in [5.74, 6) is -0.973. The van der Waals surface area contributed by atoms with Crippen molar-refractivity contribution in [2.24, 2.45) is 0 Å². The summed E-state index contributed by atoms with van der Waals surface area (Å²) >= 11 is 3.12. The fourth-order valence-electron chi connectivity index (χ4n) is 0.775. The highest BCUT2D eigenvalue weighted by Gasteiger charge is 2.04. The Bertz CT molecular complexity index is 249. The van der Waals surface area contributed by atoms with Crippen molar-refractivity contribution in [3.8, 4) is 0 Å². The summed E-state index contributed by atoms with van der Waals surface area (Å²) in [5.41, 5.74) is 0.695. The lowest BCUT2D eigenvalue weighted by atomic mass is 10.1. The Morgan fingerprint density at radius 1 is 1.15 bits per heavy atom. The van der Waals surface area contributed by atoms with E-state index in [1.54, 1.807) is 0 Å². The van der Waals surface area contributed by atoms with Crippen molar-refractivity contribution in [3.63, 3.8) is 0 Å². The van der Waals surface area contributed by atoms with Crippen LogP contribution in [0.3, 0.4) is 0 Å². The van der Waals surface area contributed by atoms with E-state index in [-0.39, 0.29) is 5.56 Å². The molecule has 0 nitrogen and oxygen atoms in total. The summed E-state index contributed by atoms with van der Waals surface area (Å²) in [4.78, 5) is 0. The van der Waals surface area contributed by atoms with Gasteiger partial charge in [-0.15, -0.1) is 0 Å². The minimum atomic E-state index is -0.487. The molecule has 0 atom stereocenters. The topological polar surface area (TPSA) is 0 Å². The molecule has 0 spiro atoms. The predicted octanol–water partition coefficient (Wildman–Crippen LogP) is 4.19. The molecule has 0 unspecified atom stereocenters. The van der Waals surface area contributed by atoms with Gasteiger partial charge in [0.15, 0.2) is 0 Å². The van der Waals surface area contributed by atoms with Gasteiger partial charge in [-0.2, -0.15) is 0 Å². The van der Waals surface area contributed by atoms with Gasteiger partial charge in [0.25, 0.3) is 0 Å². The molecule has 0 radical (unpaired) electrons. The molecule has 0 heterocycles. The van der Waals surface area contributed by atoms with Crippen molar-refractivity contribution in [2.45, 2.75) is 26.1 Å². The molecule has 0 saturated carbocycles. The maximum atomic E-state index is 12.8. The Morgan fingerprint density at radius 2 is 1.54 bits per heavy atom. The molecular weight excluding hydrogens is 238 g/mol. The van der Waals surface area contributed by atoms with Gasteiger partial charge in [0.1, 0.15) is 11.6 Å². The Labute approximate surface area is 86.1 Å². The van der Waals surface area contributed by atoms with Crippen LogP contribution in [0, 0.1) is 18.6 Å². The van der Waals surface area contributed by atoms with Gasteiger partial charge < -0.3 is 0 Å². The Balaban J connectivity index is 0.000000671. The van der Waals surface area contributed by atoms with Gasteiger partial charge in [-0.1, -0.05) is 29.8 Å². The van der Waals surface area contributed by atoms with E-state index in [4.69, 9.17) is 0 Å². The molecule has 74 valence electrons. The van der Waals surface area contributed by atoms with Crippen LogP contribution >= 0.6 is 15.9 Å². The minimum Gasteiger partial charge on any atom is -0.207 e. The van der Waals surface area contributed by atoms with Crippen molar-refractivity contribution in [2.75, 3.05) is 0 Å². The third-order valence-corrected chi connectivity index (χ3v) is 2.14.